The summed E-state index contributed by atoms with van der Waals surface area (Å²) >= 11 is 0.850. The number of nitro groups is 1. The first-order chi connectivity index (χ1) is 9.94. The van der Waals surface area contributed by atoms with Crippen molar-refractivity contribution in [3.05, 3.63) is 16.2 Å². The van der Waals surface area contributed by atoms with E-state index in [0.717, 1.165) is 30.4 Å². The van der Waals surface area contributed by atoms with Crippen LogP contribution in [0, 0.1) is 16.0 Å². The minimum absolute atomic E-state index is 0.0544. The molecule has 1 aliphatic heterocycles. The van der Waals surface area contributed by atoms with Crippen LogP contribution in [0.5, 0.6) is 0 Å². The summed E-state index contributed by atoms with van der Waals surface area (Å²) in [5.74, 6) is 0.373. The van der Waals surface area contributed by atoms with Crippen molar-refractivity contribution in [3.63, 3.8) is 0 Å². The van der Waals surface area contributed by atoms with Gasteiger partial charge in [0.15, 0.2) is 5.00 Å². The van der Waals surface area contributed by atoms with Gasteiger partial charge >= 0.3 is 5.69 Å². The third-order valence-corrected chi connectivity index (χ3v) is 6.32. The van der Waals surface area contributed by atoms with Gasteiger partial charge in [0, 0.05) is 32.9 Å². The number of rotatable bonds is 7. The summed E-state index contributed by atoms with van der Waals surface area (Å²) in [6.07, 6.45) is 1.64. The molecule has 2 heterocycles. The van der Waals surface area contributed by atoms with Gasteiger partial charge in [0.05, 0.1) is 4.92 Å². The van der Waals surface area contributed by atoms with E-state index in [9.17, 15) is 18.5 Å². The molecule has 1 aliphatic rings. The van der Waals surface area contributed by atoms with E-state index in [1.807, 2.05) is 0 Å². The second kappa shape index (κ2) is 6.69. The molecule has 1 saturated heterocycles. The third kappa shape index (κ3) is 3.90. The maximum absolute atomic E-state index is 12.1. The Morgan fingerprint density at radius 3 is 2.86 bits per heavy atom. The lowest BCUT2D eigenvalue weighted by molar-refractivity contribution is -0.383. The average molecular weight is 335 g/mol. The first kappa shape index (κ1) is 16.1. The third-order valence-electron chi connectivity index (χ3n) is 3.25. The maximum Gasteiger partial charge on any atom is 0.304 e. The summed E-state index contributed by atoms with van der Waals surface area (Å²) in [6, 6.07) is 1.08. The summed E-state index contributed by atoms with van der Waals surface area (Å²) in [6.45, 7) is 1.69. The van der Waals surface area contributed by atoms with Crippen molar-refractivity contribution in [1.82, 2.24) is 4.72 Å². The predicted molar refractivity (Wildman–Crippen MR) is 79.3 cm³/mol. The fraction of sp³-hybridized carbons (Fsp3) is 0.636. The van der Waals surface area contributed by atoms with Crippen LogP contribution in [0.15, 0.2) is 10.3 Å². The van der Waals surface area contributed by atoms with E-state index in [-0.39, 0.29) is 14.9 Å². The Morgan fingerprint density at radius 1 is 1.57 bits per heavy atom. The molecular formula is C11H17N3O5S2. The number of nitrogens with one attached hydrogen (secondary N) is 2. The van der Waals surface area contributed by atoms with Crippen molar-refractivity contribution in [1.29, 1.82) is 0 Å². The van der Waals surface area contributed by atoms with Gasteiger partial charge in [0.2, 0.25) is 10.0 Å². The molecular weight excluding hydrogens is 318 g/mol. The van der Waals surface area contributed by atoms with Gasteiger partial charge in [-0.1, -0.05) is 11.3 Å². The van der Waals surface area contributed by atoms with Gasteiger partial charge in [-0.2, -0.15) is 0 Å². The van der Waals surface area contributed by atoms with Crippen LogP contribution >= 0.6 is 11.3 Å². The van der Waals surface area contributed by atoms with Crippen molar-refractivity contribution >= 4 is 32.0 Å². The average Bonchev–Trinajstić information content (AvgIpc) is 3.07. The van der Waals surface area contributed by atoms with E-state index >= 15 is 0 Å². The minimum Gasteiger partial charge on any atom is -0.381 e. The van der Waals surface area contributed by atoms with E-state index in [1.54, 1.807) is 0 Å². The molecule has 118 valence electrons. The zero-order valence-electron chi connectivity index (χ0n) is 11.5. The summed E-state index contributed by atoms with van der Waals surface area (Å²) < 4.78 is 31.9. The molecule has 0 aromatic carbocycles. The van der Waals surface area contributed by atoms with Gasteiger partial charge in [0.1, 0.15) is 4.21 Å². The summed E-state index contributed by atoms with van der Waals surface area (Å²) in [5.41, 5.74) is -0.230. The molecule has 2 N–H and O–H groups in total. The predicted octanol–water partition coefficient (Wildman–Crippen LogP) is 1.40. The van der Waals surface area contributed by atoms with Crippen molar-refractivity contribution in [2.45, 2.75) is 17.1 Å². The summed E-state index contributed by atoms with van der Waals surface area (Å²) in [5, 5.41) is 13.7. The fourth-order valence-electron chi connectivity index (χ4n) is 2.09. The second-order valence-corrected chi connectivity index (χ2v) is 7.75. The molecule has 2 rings (SSSR count). The molecule has 0 aliphatic carbocycles. The van der Waals surface area contributed by atoms with Crippen LogP contribution in [0.3, 0.4) is 0 Å². The molecule has 1 unspecified atom stereocenters. The first-order valence-electron chi connectivity index (χ1n) is 6.47. The maximum atomic E-state index is 12.1. The van der Waals surface area contributed by atoms with Crippen molar-refractivity contribution < 1.29 is 18.1 Å². The van der Waals surface area contributed by atoms with Gasteiger partial charge in [-0.05, 0) is 18.8 Å². The second-order valence-electron chi connectivity index (χ2n) is 4.70. The smallest absolute Gasteiger partial charge is 0.304 e. The van der Waals surface area contributed by atoms with E-state index in [2.05, 4.69) is 10.0 Å². The Morgan fingerprint density at radius 2 is 2.33 bits per heavy atom. The number of anilines is 1. The molecule has 1 aromatic rings. The Balaban J connectivity index is 2.03. The van der Waals surface area contributed by atoms with Crippen molar-refractivity contribution in [3.8, 4) is 0 Å². The van der Waals surface area contributed by atoms with Crippen LogP contribution in [-0.2, 0) is 14.8 Å². The van der Waals surface area contributed by atoms with E-state index in [4.69, 9.17) is 4.74 Å². The van der Waals surface area contributed by atoms with Crippen LogP contribution < -0.4 is 10.0 Å². The van der Waals surface area contributed by atoms with Crippen molar-refractivity contribution in [2.75, 3.05) is 32.1 Å². The van der Waals surface area contributed by atoms with E-state index < -0.39 is 14.9 Å². The molecule has 21 heavy (non-hydrogen) atoms. The van der Waals surface area contributed by atoms with Crippen LogP contribution in [0.4, 0.5) is 10.7 Å². The molecule has 1 atom stereocenters. The monoisotopic (exact) mass is 335 g/mol. The zero-order valence-corrected chi connectivity index (χ0v) is 13.1. The topological polar surface area (TPSA) is 111 Å². The molecule has 1 aromatic heterocycles. The lowest BCUT2D eigenvalue weighted by Crippen LogP contribution is -2.25. The fourth-order valence-corrected chi connectivity index (χ4v) is 4.46. The number of thiophene rings is 1. The van der Waals surface area contributed by atoms with Gasteiger partial charge in [-0.15, -0.1) is 0 Å². The molecule has 10 heteroatoms. The molecule has 1 fully saturated rings. The molecule has 0 radical (unpaired) electrons. The van der Waals surface area contributed by atoms with Crippen LogP contribution in [0.2, 0.25) is 0 Å². The highest BCUT2D eigenvalue weighted by Gasteiger charge is 2.26. The van der Waals surface area contributed by atoms with Gasteiger partial charge in [-0.25, -0.2) is 13.1 Å². The summed E-state index contributed by atoms with van der Waals surface area (Å²) in [4.78, 5) is 10.3. The molecule has 0 saturated carbocycles. The minimum atomic E-state index is -3.71. The van der Waals surface area contributed by atoms with Crippen LogP contribution in [0.1, 0.15) is 12.8 Å². The van der Waals surface area contributed by atoms with Crippen LogP contribution in [-0.4, -0.2) is 40.1 Å². The molecule has 0 bridgehead atoms. The Hall–Kier alpha value is -1.23. The summed E-state index contributed by atoms with van der Waals surface area (Å²) in [7, 11) is -2.20. The van der Waals surface area contributed by atoms with Crippen molar-refractivity contribution in [2.24, 2.45) is 5.92 Å². The van der Waals surface area contributed by atoms with Crippen LogP contribution in [0.25, 0.3) is 0 Å². The Bertz CT molecular complexity index is 607. The number of ether oxygens (including phenoxy) is 1. The van der Waals surface area contributed by atoms with E-state index in [1.165, 1.54) is 7.05 Å². The normalized spacial score (nSPS) is 18.8. The van der Waals surface area contributed by atoms with E-state index in [0.29, 0.717) is 25.5 Å². The Labute approximate surface area is 126 Å². The van der Waals surface area contributed by atoms with Gasteiger partial charge in [-0.3, -0.25) is 10.1 Å². The standard InChI is InChI=1S/C11H17N3O5S2/c1-12-11-9(14(15)16)6-10(20-11)21(17,18)13-4-2-8-3-5-19-7-8/h6,8,12-13H,2-5,7H2,1H3. The SMILES string of the molecule is CNc1sc(S(=O)(=O)NCCC2CCOC2)cc1[N+](=O)[O-]. The quantitative estimate of drug-likeness (QED) is 0.575. The number of hydrogen-bond donors (Lipinski definition) is 2. The molecule has 8 nitrogen and oxygen atoms in total. The molecule has 0 amide bonds. The molecule has 0 spiro atoms. The van der Waals surface area contributed by atoms with Gasteiger partial charge in [0.25, 0.3) is 0 Å². The number of sulfonamides is 1. The lowest BCUT2D eigenvalue weighted by atomic mass is 10.1. The highest BCUT2D eigenvalue weighted by atomic mass is 32.2. The lowest BCUT2D eigenvalue weighted by Gasteiger charge is -2.08. The highest BCUT2D eigenvalue weighted by molar-refractivity contribution is 7.91. The number of nitrogens with zero attached hydrogens (tertiary/aromatic N) is 1. The zero-order chi connectivity index (χ0) is 15.5. The highest BCUT2D eigenvalue weighted by Crippen LogP contribution is 2.36. The number of hydrogen-bond acceptors (Lipinski definition) is 7. The first-order valence-corrected chi connectivity index (χ1v) is 8.77. The Kier molecular flexibility index (Phi) is 5.14. The largest absolute Gasteiger partial charge is 0.381 e. The van der Waals surface area contributed by atoms with Gasteiger partial charge < -0.3 is 10.1 Å².